The Labute approximate surface area is 495 Å². The molecule has 0 saturated heterocycles. The van der Waals surface area contributed by atoms with Crippen LogP contribution < -0.4 is 0 Å². The third kappa shape index (κ3) is 14.1. The van der Waals surface area contributed by atoms with E-state index in [-0.39, 0.29) is 42.4 Å². The van der Waals surface area contributed by atoms with E-state index in [1.807, 2.05) is 6.92 Å². The van der Waals surface area contributed by atoms with Crippen LogP contribution in [0.1, 0.15) is 263 Å². The third-order valence-electron chi connectivity index (χ3n) is 26.4. The molecule has 0 bridgehead atoms. The van der Waals surface area contributed by atoms with Gasteiger partial charge < -0.3 is 24.1 Å². The summed E-state index contributed by atoms with van der Waals surface area (Å²) in [4.78, 5) is 39.9. The molecule has 8 aliphatic rings. The lowest BCUT2D eigenvalue weighted by molar-refractivity contribution is -0.166. The van der Waals surface area contributed by atoms with E-state index in [0.717, 1.165) is 115 Å². The van der Waals surface area contributed by atoms with Gasteiger partial charge in [-0.3, -0.25) is 4.79 Å². The Bertz CT molecular complexity index is 2040. The summed E-state index contributed by atoms with van der Waals surface area (Å²) in [7, 11) is 0. The Balaban J connectivity index is 0.847. The van der Waals surface area contributed by atoms with Crippen LogP contribution in [0.3, 0.4) is 0 Å². The lowest BCUT2D eigenvalue weighted by Crippen LogP contribution is -2.54. The van der Waals surface area contributed by atoms with Gasteiger partial charge in [-0.25, -0.2) is 4.79 Å². The number of aliphatic hydroxyl groups is 1. The first-order chi connectivity index (χ1) is 37.9. The van der Waals surface area contributed by atoms with Crippen molar-refractivity contribution in [3.8, 4) is 0 Å². The monoisotopic (exact) mass is 1130 g/mol. The van der Waals surface area contributed by atoms with Crippen LogP contribution in [0.25, 0.3) is 0 Å². The summed E-state index contributed by atoms with van der Waals surface area (Å²) < 4.78 is 19.8. The molecule has 8 saturated carbocycles. The molecular formula is C72H122O7S. The summed E-state index contributed by atoms with van der Waals surface area (Å²) in [5.41, 5.74) is 2.58. The van der Waals surface area contributed by atoms with E-state index in [0.29, 0.717) is 52.8 Å². The number of carbonyl (C=O) groups excluding carboxylic acids is 3. The van der Waals surface area contributed by atoms with Gasteiger partial charge in [0.25, 0.3) is 0 Å². The number of thioether (sulfide) groups is 1. The molecule has 458 valence electrons. The number of rotatable bonds is 27. The molecule has 8 rings (SSSR count). The fraction of sp³-hybridized carbons (Fsp3) is 0.931. The normalized spacial score (nSPS) is 40.2. The Morgan fingerprint density at radius 3 is 1.52 bits per heavy atom. The van der Waals surface area contributed by atoms with Gasteiger partial charge in [0.15, 0.2) is 0 Å². The highest BCUT2D eigenvalue weighted by molar-refractivity contribution is 8.14. The molecule has 1 N–H and O–H groups in total. The van der Waals surface area contributed by atoms with Gasteiger partial charge in [-0.05, 0) is 252 Å². The fourth-order valence-corrected chi connectivity index (χ4v) is 23.1. The van der Waals surface area contributed by atoms with Crippen molar-refractivity contribution in [3.05, 3.63) is 12.2 Å². The fourth-order valence-electron chi connectivity index (χ4n) is 21.7. The zero-order valence-electron chi connectivity index (χ0n) is 53.7. The number of fused-ring (bicyclic) bond motifs is 10. The molecule has 0 radical (unpaired) electrons. The summed E-state index contributed by atoms with van der Waals surface area (Å²) in [6.07, 6.45) is 32.2. The van der Waals surface area contributed by atoms with Crippen molar-refractivity contribution < 1.29 is 33.7 Å². The maximum absolute atomic E-state index is 14.3. The molecule has 0 aromatic heterocycles. The van der Waals surface area contributed by atoms with Crippen molar-refractivity contribution in [2.45, 2.75) is 293 Å². The van der Waals surface area contributed by atoms with E-state index >= 15 is 0 Å². The van der Waals surface area contributed by atoms with Crippen LogP contribution in [0.15, 0.2) is 12.2 Å². The summed E-state index contributed by atoms with van der Waals surface area (Å²) in [6.45, 7) is 35.3. The number of esters is 1. The minimum atomic E-state index is -0.732. The molecular weight excluding hydrogens is 1010 g/mol. The molecule has 0 aromatic rings. The molecule has 0 aromatic carbocycles. The Morgan fingerprint density at radius 2 is 1.06 bits per heavy atom. The number of aliphatic hydroxyl groups excluding tert-OH is 1. The molecule has 0 heterocycles. The highest BCUT2D eigenvalue weighted by atomic mass is 32.2. The lowest BCUT2D eigenvalue weighted by Gasteiger charge is -2.61. The van der Waals surface area contributed by atoms with Gasteiger partial charge in [0.1, 0.15) is 25.6 Å². The number of ether oxygens (including phenoxy) is 3. The second kappa shape index (κ2) is 27.6. The lowest BCUT2D eigenvalue weighted by atomic mass is 9.44. The second-order valence-corrected chi connectivity index (χ2v) is 33.2. The molecule has 8 aliphatic carbocycles. The Morgan fingerprint density at radius 1 is 0.600 bits per heavy atom. The average Bonchev–Trinajstić information content (AvgIpc) is 3.92. The van der Waals surface area contributed by atoms with E-state index in [9.17, 15) is 19.5 Å². The molecule has 8 heteroatoms. The van der Waals surface area contributed by atoms with Crippen molar-refractivity contribution in [3.63, 3.8) is 0 Å². The van der Waals surface area contributed by atoms with Crippen molar-refractivity contribution in [2.75, 3.05) is 13.2 Å². The molecule has 0 spiro atoms. The largest absolute Gasteiger partial charge is 0.459 e. The molecule has 23 unspecified atom stereocenters. The van der Waals surface area contributed by atoms with Crippen LogP contribution in [-0.2, 0) is 28.6 Å². The van der Waals surface area contributed by atoms with E-state index < -0.39 is 23.4 Å². The van der Waals surface area contributed by atoms with Crippen LogP contribution in [0, 0.1) is 116 Å². The Hall–Kier alpha value is -1.22. The first-order valence-electron chi connectivity index (χ1n) is 34.3. The standard InChI is InChI=1S/C72H122O7S/c1-45(2)18-15-21-48(6)59-27-29-61-57-25-23-53-41-55(31-35-69(53,11)63(57)33-37-71(59,61)13)77-43-65(75)79-67(50(8)40-47(5)20-17-39-73)68(51(9)52(10)74)80-66(76)44-78-56-32-36-70(12)54(42-56)24-26-58-62-30-28-60(49(7)22-16-19-46(3)4)72(62,14)38-34-64(58)70/h39,45-46,48-64,67-68,74H,5,15-38,40-44H2,1-4,6-14H3. The Kier molecular flexibility index (Phi) is 22.4. The molecule has 7 nitrogen and oxygen atoms in total. The third-order valence-corrected chi connectivity index (χ3v) is 27.8. The summed E-state index contributed by atoms with van der Waals surface area (Å²) >= 11 is 1.20. The molecule has 8 fully saturated rings. The second-order valence-electron chi connectivity index (χ2n) is 31.9. The highest BCUT2D eigenvalue weighted by Gasteiger charge is 2.62. The van der Waals surface area contributed by atoms with Gasteiger partial charge in [-0.1, -0.05) is 146 Å². The number of hydrogen-bond donors (Lipinski definition) is 1. The highest BCUT2D eigenvalue weighted by Crippen LogP contribution is 2.70. The first-order valence-corrected chi connectivity index (χ1v) is 35.2. The van der Waals surface area contributed by atoms with Gasteiger partial charge in [-0.2, -0.15) is 0 Å². The van der Waals surface area contributed by atoms with Gasteiger partial charge >= 0.3 is 5.97 Å². The van der Waals surface area contributed by atoms with E-state index in [2.05, 4.69) is 82.7 Å². The van der Waals surface area contributed by atoms with Crippen LogP contribution in [0.4, 0.5) is 0 Å². The van der Waals surface area contributed by atoms with Crippen LogP contribution in [-0.4, -0.2) is 65.4 Å². The predicted octanol–water partition coefficient (Wildman–Crippen LogP) is 18.1. The van der Waals surface area contributed by atoms with Gasteiger partial charge in [-0.15, -0.1) is 0 Å². The minimum Gasteiger partial charge on any atom is -0.459 e. The van der Waals surface area contributed by atoms with Gasteiger partial charge in [0.05, 0.1) is 23.6 Å². The summed E-state index contributed by atoms with van der Waals surface area (Å²) in [6, 6.07) is 0. The van der Waals surface area contributed by atoms with Gasteiger partial charge in [0.2, 0.25) is 5.12 Å². The first kappa shape index (κ1) is 64.8. The number of hydrogen-bond acceptors (Lipinski definition) is 8. The van der Waals surface area contributed by atoms with Crippen molar-refractivity contribution in [2.24, 2.45) is 116 Å². The molecule has 0 aliphatic heterocycles. The smallest absolute Gasteiger partial charge is 0.332 e. The molecule has 23 atom stereocenters. The van der Waals surface area contributed by atoms with Crippen molar-refractivity contribution in [1.82, 2.24) is 0 Å². The van der Waals surface area contributed by atoms with E-state index in [1.165, 1.54) is 134 Å². The maximum Gasteiger partial charge on any atom is 0.332 e. The zero-order valence-corrected chi connectivity index (χ0v) is 54.5. The summed E-state index contributed by atoms with van der Waals surface area (Å²) in [5, 5.41) is 10.6. The minimum absolute atomic E-state index is 0.0108. The zero-order chi connectivity index (χ0) is 57.9. The predicted molar refractivity (Wildman–Crippen MR) is 331 cm³/mol. The summed E-state index contributed by atoms with van der Waals surface area (Å²) in [5.74, 6) is 10.3. The number of carbonyl (C=O) groups is 3. The molecule has 0 amide bonds. The maximum atomic E-state index is 14.3. The topological polar surface area (TPSA) is 99.1 Å². The van der Waals surface area contributed by atoms with Crippen LogP contribution in [0.2, 0.25) is 0 Å². The SMILES string of the molecule is C=C(CCC=O)CC(C)C(OC(=O)COC1CCC2(C)C(CCC3C2CCC2(C)C(C(C)CCCC(C)C)CCC32)C1)C(SC(=O)COC1CCC2(C)C(CCC3C2CCC2(C)C(C(C)CCCC(C)C)CCC32)C1)C(C)C(C)O. The molecule has 80 heavy (non-hydrogen) atoms. The van der Waals surface area contributed by atoms with Crippen LogP contribution >= 0.6 is 11.8 Å². The van der Waals surface area contributed by atoms with E-state index in [1.54, 1.807) is 6.92 Å². The van der Waals surface area contributed by atoms with Gasteiger partial charge in [0, 0.05) is 6.42 Å². The van der Waals surface area contributed by atoms with Crippen molar-refractivity contribution in [1.29, 1.82) is 0 Å². The van der Waals surface area contributed by atoms with Crippen molar-refractivity contribution >= 4 is 29.1 Å². The number of aldehydes is 1. The van der Waals surface area contributed by atoms with Crippen LogP contribution in [0.5, 0.6) is 0 Å². The number of allylic oxidation sites excluding steroid dienone is 1. The quantitative estimate of drug-likeness (QED) is 0.0493. The van der Waals surface area contributed by atoms with E-state index in [4.69, 9.17) is 14.2 Å². The average molecular weight is 1130 g/mol.